The molecular formula is C22H20Cl2N2O4S. The molecular weight excluding hydrogens is 459 g/mol. The highest BCUT2D eigenvalue weighted by atomic mass is 35.5. The average molecular weight is 479 g/mol. The van der Waals surface area contributed by atoms with Crippen molar-refractivity contribution in [2.45, 2.75) is 17.9 Å². The maximum Gasteiger partial charge on any atom is 0.262 e. The number of benzene rings is 3. The number of sulfonamides is 1. The van der Waals surface area contributed by atoms with Crippen LogP contribution in [0.5, 0.6) is 5.75 Å². The van der Waals surface area contributed by atoms with Crippen LogP contribution < -0.4 is 14.8 Å². The molecule has 0 saturated heterocycles. The van der Waals surface area contributed by atoms with Gasteiger partial charge in [-0.25, -0.2) is 13.1 Å². The quantitative estimate of drug-likeness (QED) is 0.474. The average Bonchev–Trinajstić information content (AvgIpc) is 2.75. The van der Waals surface area contributed by atoms with E-state index < -0.39 is 15.9 Å². The van der Waals surface area contributed by atoms with Crippen molar-refractivity contribution in [2.75, 3.05) is 11.9 Å². The Hall–Kier alpha value is -2.58. The summed E-state index contributed by atoms with van der Waals surface area (Å²) in [4.78, 5) is 12.2. The highest BCUT2D eigenvalue weighted by molar-refractivity contribution is 7.89. The van der Waals surface area contributed by atoms with E-state index in [0.29, 0.717) is 21.5 Å². The van der Waals surface area contributed by atoms with Crippen LogP contribution in [0.25, 0.3) is 0 Å². The van der Waals surface area contributed by atoms with E-state index in [4.69, 9.17) is 27.9 Å². The number of anilines is 1. The van der Waals surface area contributed by atoms with Gasteiger partial charge >= 0.3 is 0 Å². The van der Waals surface area contributed by atoms with Gasteiger partial charge in [-0.15, -0.1) is 0 Å². The molecule has 0 fully saturated rings. The van der Waals surface area contributed by atoms with Gasteiger partial charge in [0.15, 0.2) is 6.61 Å². The first-order valence-corrected chi connectivity index (χ1v) is 11.5. The Morgan fingerprint density at radius 1 is 0.935 bits per heavy atom. The summed E-state index contributed by atoms with van der Waals surface area (Å²) in [6, 6.07) is 19.6. The third kappa shape index (κ3) is 6.21. The summed E-state index contributed by atoms with van der Waals surface area (Å²) in [5.41, 5.74) is 1.16. The first-order valence-electron chi connectivity index (χ1n) is 9.30. The van der Waals surface area contributed by atoms with E-state index in [-0.39, 0.29) is 17.5 Å². The Morgan fingerprint density at radius 2 is 1.55 bits per heavy atom. The molecule has 6 nitrogen and oxygen atoms in total. The normalized spacial score (nSPS) is 12.2. The summed E-state index contributed by atoms with van der Waals surface area (Å²) in [7, 11) is -3.72. The molecule has 2 N–H and O–H groups in total. The summed E-state index contributed by atoms with van der Waals surface area (Å²) in [6.07, 6.45) is 0. The standard InChI is InChI=1S/C22H20Cl2N2O4S/c1-15(16-6-3-2-4-7-16)26-31(28,29)18-12-10-17(11-13-18)30-14-21(27)25-22-19(23)8-5-9-20(22)24/h2-13,15,26H,14H2,1H3,(H,25,27)/t15-/m0/s1. The van der Waals surface area contributed by atoms with Crippen LogP contribution in [0.2, 0.25) is 10.0 Å². The summed E-state index contributed by atoms with van der Waals surface area (Å²) in [5, 5.41) is 3.21. The maximum absolute atomic E-state index is 12.6. The molecule has 0 aliphatic rings. The lowest BCUT2D eigenvalue weighted by atomic mass is 10.1. The fraction of sp³-hybridized carbons (Fsp3) is 0.136. The number of nitrogens with one attached hydrogen (secondary N) is 2. The van der Waals surface area contributed by atoms with Gasteiger partial charge in [0.05, 0.1) is 20.6 Å². The van der Waals surface area contributed by atoms with E-state index in [1.54, 1.807) is 25.1 Å². The van der Waals surface area contributed by atoms with Crippen LogP contribution >= 0.6 is 23.2 Å². The Kier molecular flexibility index (Phi) is 7.56. The van der Waals surface area contributed by atoms with Gasteiger partial charge in [0.2, 0.25) is 10.0 Å². The van der Waals surface area contributed by atoms with Crippen molar-refractivity contribution >= 4 is 44.8 Å². The lowest BCUT2D eigenvalue weighted by Gasteiger charge is -2.15. The number of hydrogen-bond donors (Lipinski definition) is 2. The van der Waals surface area contributed by atoms with Crippen LogP contribution in [0, 0.1) is 0 Å². The van der Waals surface area contributed by atoms with Crippen molar-refractivity contribution in [3.8, 4) is 5.75 Å². The molecule has 0 spiro atoms. The molecule has 0 heterocycles. The van der Waals surface area contributed by atoms with Crippen LogP contribution in [0.3, 0.4) is 0 Å². The highest BCUT2D eigenvalue weighted by Gasteiger charge is 2.18. The zero-order valence-electron chi connectivity index (χ0n) is 16.5. The zero-order chi connectivity index (χ0) is 22.4. The lowest BCUT2D eigenvalue weighted by Crippen LogP contribution is -2.26. The lowest BCUT2D eigenvalue weighted by molar-refractivity contribution is -0.118. The van der Waals surface area contributed by atoms with E-state index in [0.717, 1.165) is 5.56 Å². The summed E-state index contributed by atoms with van der Waals surface area (Å²) in [5.74, 6) is -0.111. The summed E-state index contributed by atoms with van der Waals surface area (Å²) >= 11 is 12.0. The van der Waals surface area contributed by atoms with Crippen molar-refractivity contribution in [1.82, 2.24) is 4.72 Å². The number of ether oxygens (including phenoxy) is 1. The molecule has 3 aromatic rings. The molecule has 0 radical (unpaired) electrons. The number of halogens is 2. The third-order valence-corrected chi connectivity index (χ3v) is 6.55. The van der Waals surface area contributed by atoms with Gasteiger partial charge in [-0.3, -0.25) is 4.79 Å². The van der Waals surface area contributed by atoms with Gasteiger partial charge < -0.3 is 10.1 Å². The number of carbonyl (C=O) groups excluding carboxylic acids is 1. The fourth-order valence-electron chi connectivity index (χ4n) is 2.77. The molecule has 0 aliphatic heterocycles. The van der Waals surface area contributed by atoms with Crippen LogP contribution in [0.1, 0.15) is 18.5 Å². The minimum absolute atomic E-state index is 0.0925. The van der Waals surface area contributed by atoms with Crippen LogP contribution in [0.4, 0.5) is 5.69 Å². The number of carbonyl (C=O) groups is 1. The second kappa shape index (κ2) is 10.2. The predicted molar refractivity (Wildman–Crippen MR) is 122 cm³/mol. The molecule has 3 rings (SSSR count). The molecule has 9 heteroatoms. The van der Waals surface area contributed by atoms with Gasteiger partial charge in [-0.05, 0) is 48.9 Å². The fourth-order valence-corrected chi connectivity index (χ4v) is 4.49. The molecule has 1 amide bonds. The number of para-hydroxylation sites is 1. The van der Waals surface area contributed by atoms with Gasteiger partial charge in [0.1, 0.15) is 5.75 Å². The molecule has 0 bridgehead atoms. The monoisotopic (exact) mass is 478 g/mol. The Bertz CT molecular complexity index is 1130. The minimum atomic E-state index is -3.72. The van der Waals surface area contributed by atoms with Crippen LogP contribution in [-0.2, 0) is 14.8 Å². The smallest absolute Gasteiger partial charge is 0.262 e. The van der Waals surface area contributed by atoms with Gasteiger partial charge in [-0.2, -0.15) is 0 Å². The molecule has 3 aromatic carbocycles. The largest absolute Gasteiger partial charge is 0.484 e. The number of amides is 1. The summed E-state index contributed by atoms with van der Waals surface area (Å²) < 4.78 is 33.3. The van der Waals surface area contributed by atoms with Crippen LogP contribution in [-0.4, -0.2) is 20.9 Å². The SMILES string of the molecule is C[C@H](NS(=O)(=O)c1ccc(OCC(=O)Nc2c(Cl)cccc2Cl)cc1)c1ccccc1. The van der Waals surface area contributed by atoms with E-state index in [9.17, 15) is 13.2 Å². The van der Waals surface area contributed by atoms with Crippen LogP contribution in [0.15, 0.2) is 77.7 Å². The highest BCUT2D eigenvalue weighted by Crippen LogP contribution is 2.29. The Labute approximate surface area is 191 Å². The maximum atomic E-state index is 12.6. The first-order chi connectivity index (χ1) is 14.8. The minimum Gasteiger partial charge on any atom is -0.484 e. The van der Waals surface area contributed by atoms with E-state index >= 15 is 0 Å². The Morgan fingerprint density at radius 3 is 2.16 bits per heavy atom. The molecule has 31 heavy (non-hydrogen) atoms. The number of hydrogen-bond acceptors (Lipinski definition) is 4. The molecule has 1 atom stereocenters. The second-order valence-corrected chi connectivity index (χ2v) is 9.19. The summed E-state index contributed by atoms with van der Waals surface area (Å²) in [6.45, 7) is 1.48. The second-order valence-electron chi connectivity index (χ2n) is 6.66. The molecule has 162 valence electrons. The van der Waals surface area contributed by atoms with E-state index in [1.165, 1.54) is 24.3 Å². The van der Waals surface area contributed by atoms with Gasteiger partial charge in [-0.1, -0.05) is 59.6 Å². The van der Waals surface area contributed by atoms with E-state index in [2.05, 4.69) is 10.0 Å². The van der Waals surface area contributed by atoms with Crippen molar-refractivity contribution in [1.29, 1.82) is 0 Å². The van der Waals surface area contributed by atoms with Crippen molar-refractivity contribution in [3.05, 3.63) is 88.4 Å². The first kappa shape index (κ1) is 23.1. The van der Waals surface area contributed by atoms with Crippen molar-refractivity contribution < 1.29 is 17.9 Å². The van der Waals surface area contributed by atoms with Gasteiger partial charge in [0.25, 0.3) is 5.91 Å². The number of rotatable bonds is 8. The molecule has 0 aliphatic carbocycles. The molecule has 0 saturated carbocycles. The topological polar surface area (TPSA) is 84.5 Å². The zero-order valence-corrected chi connectivity index (χ0v) is 18.8. The Balaban J connectivity index is 1.59. The predicted octanol–water partition coefficient (Wildman–Crippen LogP) is 5.05. The van der Waals surface area contributed by atoms with Crippen molar-refractivity contribution in [3.63, 3.8) is 0 Å². The van der Waals surface area contributed by atoms with E-state index in [1.807, 2.05) is 30.3 Å². The molecule has 0 aromatic heterocycles. The molecule has 0 unspecified atom stereocenters. The third-order valence-electron chi connectivity index (χ3n) is 4.36. The van der Waals surface area contributed by atoms with Gasteiger partial charge in [0, 0.05) is 6.04 Å². The van der Waals surface area contributed by atoms with Crippen molar-refractivity contribution in [2.24, 2.45) is 0 Å².